The zero-order chi connectivity index (χ0) is 22.4. The molecule has 1 aromatic heterocycles. The van der Waals surface area contributed by atoms with Crippen LogP contribution in [0, 0.1) is 11.8 Å². The smallest absolute Gasteiger partial charge is 0.396 e. The minimum absolute atomic E-state index is 0.0184. The fourth-order valence-corrected chi connectivity index (χ4v) is 4.28. The summed E-state index contributed by atoms with van der Waals surface area (Å²) < 4.78 is 44.9. The van der Waals surface area contributed by atoms with Crippen LogP contribution in [-0.2, 0) is 30.3 Å². The van der Waals surface area contributed by atoms with Crippen LogP contribution in [0.25, 0.3) is 0 Å². The number of nitrogens with zero attached hydrogens (tertiary/aromatic N) is 2. The molecule has 1 aromatic carbocycles. The normalized spacial score (nSPS) is 23.9. The molecule has 3 N–H and O–H groups in total. The number of aliphatic hydroxyl groups is 2. The van der Waals surface area contributed by atoms with E-state index in [4.69, 9.17) is 4.74 Å². The van der Waals surface area contributed by atoms with Crippen LogP contribution >= 0.6 is 0 Å². The predicted molar refractivity (Wildman–Crippen MR) is 108 cm³/mol. The van der Waals surface area contributed by atoms with E-state index >= 15 is 0 Å². The van der Waals surface area contributed by atoms with E-state index in [0.717, 1.165) is 11.8 Å². The van der Waals surface area contributed by atoms with E-state index < -0.39 is 17.8 Å². The molecule has 2 aromatic rings. The number of aromatic nitrogens is 2. The van der Waals surface area contributed by atoms with Crippen molar-refractivity contribution in [1.29, 1.82) is 0 Å². The van der Waals surface area contributed by atoms with Gasteiger partial charge in [0.15, 0.2) is 0 Å². The number of rotatable bonds is 9. The summed E-state index contributed by atoms with van der Waals surface area (Å²) >= 11 is 0. The molecule has 0 saturated heterocycles. The average Bonchev–Trinajstić information content (AvgIpc) is 3.04. The Bertz CT molecular complexity index is 850. The molecule has 0 aliphatic heterocycles. The molecule has 1 heterocycles. The first-order valence-electron chi connectivity index (χ1n) is 10.3. The molecule has 170 valence electrons. The summed E-state index contributed by atoms with van der Waals surface area (Å²) in [7, 11) is 1.60. The number of hydrogen-bond acceptors (Lipinski definition) is 6. The Morgan fingerprint density at radius 2 is 1.97 bits per heavy atom. The highest BCUT2D eigenvalue weighted by Gasteiger charge is 2.42. The van der Waals surface area contributed by atoms with Gasteiger partial charge in [0.05, 0.1) is 18.3 Å². The van der Waals surface area contributed by atoms with Crippen molar-refractivity contribution < 1.29 is 28.1 Å². The van der Waals surface area contributed by atoms with E-state index in [1.54, 1.807) is 25.4 Å². The maximum Gasteiger partial charge on any atom is 0.416 e. The molecule has 1 aliphatic carbocycles. The molecule has 1 saturated carbocycles. The Labute approximate surface area is 179 Å². The van der Waals surface area contributed by atoms with E-state index in [1.807, 2.05) is 0 Å². The first-order chi connectivity index (χ1) is 14.8. The number of hydrogen-bond donors (Lipinski definition) is 3. The van der Waals surface area contributed by atoms with Crippen molar-refractivity contribution in [3.63, 3.8) is 0 Å². The molecule has 0 spiro atoms. The number of ether oxygens (including phenoxy) is 1. The topological polar surface area (TPSA) is 87.5 Å². The number of benzene rings is 1. The predicted octanol–water partition coefficient (Wildman–Crippen LogP) is 2.37. The first kappa shape index (κ1) is 23.6. The van der Waals surface area contributed by atoms with Gasteiger partial charge < -0.3 is 20.3 Å². The van der Waals surface area contributed by atoms with Crippen LogP contribution in [0.15, 0.2) is 36.5 Å². The molecule has 3 rings (SSSR count). The molecule has 1 aliphatic rings. The number of nitrogens with one attached hydrogen (secondary N) is 1. The molecule has 9 heteroatoms. The van der Waals surface area contributed by atoms with Crippen molar-refractivity contribution in [3.05, 3.63) is 59.2 Å². The standard InChI is InChI=1S/C22H28F3N3O3/c1-31-9-7-21-26-8-6-15(28-21)10-16-17(13-29)20(30)11-19(16)27-12-14-4-2-3-5-18(14)22(23,24)25/h2-6,8,16-17,19-20,27,29-30H,7,9-13H2,1H3. The second-order valence-corrected chi connectivity index (χ2v) is 7.87. The van der Waals surface area contributed by atoms with Gasteiger partial charge in [0.25, 0.3) is 0 Å². The van der Waals surface area contributed by atoms with Gasteiger partial charge in [-0.2, -0.15) is 13.2 Å². The summed E-state index contributed by atoms with van der Waals surface area (Å²) in [5.74, 6) is 0.0815. The maximum atomic E-state index is 13.3. The zero-order valence-corrected chi connectivity index (χ0v) is 17.3. The van der Waals surface area contributed by atoms with Crippen LogP contribution in [-0.4, -0.2) is 52.7 Å². The van der Waals surface area contributed by atoms with Gasteiger partial charge >= 0.3 is 6.18 Å². The maximum absolute atomic E-state index is 13.3. The monoisotopic (exact) mass is 439 g/mol. The van der Waals surface area contributed by atoms with Crippen molar-refractivity contribution in [2.75, 3.05) is 20.3 Å². The van der Waals surface area contributed by atoms with Crippen LogP contribution in [0.2, 0.25) is 0 Å². The van der Waals surface area contributed by atoms with E-state index in [1.165, 1.54) is 12.1 Å². The molecule has 0 bridgehead atoms. The number of methoxy groups -OCH3 is 1. The zero-order valence-electron chi connectivity index (χ0n) is 17.3. The Morgan fingerprint density at radius 3 is 2.68 bits per heavy atom. The number of halogens is 3. The third-order valence-corrected chi connectivity index (χ3v) is 5.88. The largest absolute Gasteiger partial charge is 0.416 e. The first-order valence-corrected chi connectivity index (χ1v) is 10.3. The summed E-state index contributed by atoms with van der Waals surface area (Å²) in [5.41, 5.74) is 0.246. The van der Waals surface area contributed by atoms with Crippen LogP contribution in [0.1, 0.15) is 29.1 Å². The summed E-state index contributed by atoms with van der Waals surface area (Å²) in [5, 5.41) is 23.4. The molecule has 6 nitrogen and oxygen atoms in total. The quantitative estimate of drug-likeness (QED) is 0.556. The average molecular weight is 439 g/mol. The van der Waals surface area contributed by atoms with Crippen LogP contribution in [0.4, 0.5) is 13.2 Å². The fourth-order valence-electron chi connectivity index (χ4n) is 4.28. The lowest BCUT2D eigenvalue weighted by Gasteiger charge is -2.25. The molecule has 0 radical (unpaired) electrons. The third kappa shape index (κ3) is 6.00. The highest BCUT2D eigenvalue weighted by Crippen LogP contribution is 2.36. The van der Waals surface area contributed by atoms with Crippen molar-refractivity contribution in [1.82, 2.24) is 15.3 Å². The summed E-state index contributed by atoms with van der Waals surface area (Å²) in [6.45, 7) is 0.309. The lowest BCUT2D eigenvalue weighted by Crippen LogP contribution is -2.36. The fraction of sp³-hybridized carbons (Fsp3) is 0.545. The van der Waals surface area contributed by atoms with Crippen LogP contribution in [0.3, 0.4) is 0 Å². The van der Waals surface area contributed by atoms with E-state index in [9.17, 15) is 23.4 Å². The number of alkyl halides is 3. The summed E-state index contributed by atoms with van der Waals surface area (Å²) in [6.07, 6.45) is -2.11. The van der Waals surface area contributed by atoms with Gasteiger partial charge in [-0.05, 0) is 36.5 Å². The van der Waals surface area contributed by atoms with Crippen molar-refractivity contribution in [3.8, 4) is 0 Å². The summed E-state index contributed by atoms with van der Waals surface area (Å²) in [6, 6.07) is 6.98. The molecule has 0 amide bonds. The van der Waals surface area contributed by atoms with E-state index in [0.29, 0.717) is 31.7 Å². The lowest BCUT2D eigenvalue weighted by molar-refractivity contribution is -0.138. The van der Waals surface area contributed by atoms with Gasteiger partial charge in [-0.15, -0.1) is 0 Å². The minimum atomic E-state index is -4.43. The van der Waals surface area contributed by atoms with Gasteiger partial charge in [-0.1, -0.05) is 18.2 Å². The lowest BCUT2D eigenvalue weighted by atomic mass is 9.88. The second-order valence-electron chi connectivity index (χ2n) is 7.87. The molecule has 31 heavy (non-hydrogen) atoms. The minimum Gasteiger partial charge on any atom is -0.396 e. The van der Waals surface area contributed by atoms with Gasteiger partial charge in [-0.25, -0.2) is 9.97 Å². The van der Waals surface area contributed by atoms with E-state index in [2.05, 4.69) is 15.3 Å². The molecular formula is C22H28F3N3O3. The van der Waals surface area contributed by atoms with Gasteiger partial charge in [-0.3, -0.25) is 0 Å². The van der Waals surface area contributed by atoms with Crippen molar-refractivity contribution >= 4 is 0 Å². The third-order valence-electron chi connectivity index (χ3n) is 5.88. The Balaban J connectivity index is 1.74. The Hall–Kier alpha value is -2.07. The van der Waals surface area contributed by atoms with Crippen molar-refractivity contribution in [2.45, 2.75) is 44.1 Å². The molecule has 4 atom stereocenters. The van der Waals surface area contributed by atoms with Crippen LogP contribution < -0.4 is 5.32 Å². The SMILES string of the molecule is COCCc1nccc(CC2C(NCc3ccccc3C(F)(F)F)CC(O)C2CO)n1. The molecule has 1 fully saturated rings. The van der Waals surface area contributed by atoms with Crippen molar-refractivity contribution in [2.24, 2.45) is 11.8 Å². The summed E-state index contributed by atoms with van der Waals surface area (Å²) in [4.78, 5) is 8.76. The Kier molecular flexibility index (Phi) is 7.99. The van der Waals surface area contributed by atoms with Crippen LogP contribution in [0.5, 0.6) is 0 Å². The van der Waals surface area contributed by atoms with Gasteiger partial charge in [0.2, 0.25) is 0 Å². The molecular weight excluding hydrogens is 411 g/mol. The Morgan fingerprint density at radius 1 is 1.19 bits per heavy atom. The number of aliphatic hydroxyl groups excluding tert-OH is 2. The van der Waals surface area contributed by atoms with Gasteiger partial charge in [0, 0.05) is 50.5 Å². The van der Waals surface area contributed by atoms with Gasteiger partial charge in [0.1, 0.15) is 5.82 Å². The van der Waals surface area contributed by atoms with E-state index in [-0.39, 0.29) is 36.6 Å². The highest BCUT2D eigenvalue weighted by atomic mass is 19.4. The molecule has 4 unspecified atom stereocenters. The highest BCUT2D eigenvalue weighted by molar-refractivity contribution is 5.29. The second kappa shape index (κ2) is 10.5.